The molecule has 0 spiro atoms. The summed E-state index contributed by atoms with van der Waals surface area (Å²) in [6, 6.07) is 7.04. The summed E-state index contributed by atoms with van der Waals surface area (Å²) >= 11 is 6.17. The van der Waals surface area contributed by atoms with Gasteiger partial charge in [-0.05, 0) is 32.4 Å². The molecular formula is C17H20ClNO2. The predicted molar refractivity (Wildman–Crippen MR) is 87.8 cm³/mol. The summed E-state index contributed by atoms with van der Waals surface area (Å²) in [5, 5.41) is 22.0. The minimum absolute atomic E-state index is 0.0694. The second-order valence-corrected chi connectivity index (χ2v) is 6.97. The molecule has 3 nitrogen and oxygen atoms in total. The van der Waals surface area contributed by atoms with Crippen molar-refractivity contribution in [2.75, 3.05) is 17.3 Å². The second-order valence-electron chi connectivity index (χ2n) is 6.66. The fraction of sp³-hybridized carbons (Fsp3) is 0.412. The van der Waals surface area contributed by atoms with E-state index in [9.17, 15) is 10.2 Å². The van der Waals surface area contributed by atoms with Crippen LogP contribution >= 0.6 is 11.6 Å². The Labute approximate surface area is 129 Å². The molecule has 0 saturated heterocycles. The maximum absolute atomic E-state index is 10.3. The summed E-state index contributed by atoms with van der Waals surface area (Å²) in [6.45, 7) is 7.22. The predicted octanol–water partition coefficient (Wildman–Crippen LogP) is 4.19. The van der Waals surface area contributed by atoms with Gasteiger partial charge in [-0.25, -0.2) is 0 Å². The Bertz CT molecular complexity index is 706. The quantitative estimate of drug-likeness (QED) is 0.776. The van der Waals surface area contributed by atoms with E-state index in [0.717, 1.165) is 23.2 Å². The lowest BCUT2D eigenvalue weighted by Gasteiger charge is -2.35. The number of aromatic hydroxyl groups is 2. The van der Waals surface area contributed by atoms with Crippen LogP contribution in [-0.2, 0) is 0 Å². The zero-order valence-electron chi connectivity index (χ0n) is 12.5. The van der Waals surface area contributed by atoms with E-state index in [1.54, 1.807) is 18.2 Å². The number of nitrogens with zero attached hydrogens (tertiary/aromatic N) is 1. The van der Waals surface area contributed by atoms with Gasteiger partial charge in [0.25, 0.3) is 0 Å². The van der Waals surface area contributed by atoms with Crippen molar-refractivity contribution < 1.29 is 10.2 Å². The summed E-state index contributed by atoms with van der Waals surface area (Å²) in [4.78, 5) is 2.25. The number of rotatable bonds is 1. The van der Waals surface area contributed by atoms with Gasteiger partial charge in [0.2, 0.25) is 0 Å². The van der Waals surface area contributed by atoms with Crippen LogP contribution in [0.25, 0.3) is 10.8 Å². The monoisotopic (exact) mass is 305 g/mol. The maximum Gasteiger partial charge on any atom is 0.125 e. The molecule has 4 heteroatoms. The largest absolute Gasteiger partial charge is 0.507 e. The van der Waals surface area contributed by atoms with E-state index in [0.29, 0.717) is 11.3 Å². The van der Waals surface area contributed by atoms with Crippen LogP contribution in [0.5, 0.6) is 11.5 Å². The zero-order chi connectivity index (χ0) is 15.4. The van der Waals surface area contributed by atoms with Crippen LogP contribution in [0.4, 0.5) is 5.69 Å². The summed E-state index contributed by atoms with van der Waals surface area (Å²) in [5.41, 5.74) is 1.95. The third-order valence-electron chi connectivity index (χ3n) is 4.24. The molecule has 1 aliphatic rings. The molecule has 21 heavy (non-hydrogen) atoms. The van der Waals surface area contributed by atoms with Crippen LogP contribution in [0.1, 0.15) is 32.3 Å². The Hall–Kier alpha value is -1.61. The Kier molecular flexibility index (Phi) is 3.21. The molecule has 1 aliphatic heterocycles. The molecule has 0 bridgehead atoms. The number of alkyl halides is 1. The van der Waals surface area contributed by atoms with Gasteiger partial charge in [-0.3, -0.25) is 0 Å². The highest BCUT2D eigenvalue weighted by Crippen LogP contribution is 2.49. The topological polar surface area (TPSA) is 43.7 Å². The van der Waals surface area contributed by atoms with Gasteiger partial charge in [0, 0.05) is 46.4 Å². The van der Waals surface area contributed by atoms with Gasteiger partial charge in [0.05, 0.1) is 0 Å². The van der Waals surface area contributed by atoms with E-state index in [1.165, 1.54) is 0 Å². The number of phenolic OH excluding ortho intramolecular Hbond substituents is 2. The molecule has 0 amide bonds. The SMILES string of the molecule is CC(C)(C)N1C[C@@H](CCl)c2c1cc(O)c1cccc(O)c21. The van der Waals surface area contributed by atoms with Gasteiger partial charge in [-0.1, -0.05) is 12.1 Å². The highest BCUT2D eigenvalue weighted by molar-refractivity contribution is 6.19. The van der Waals surface area contributed by atoms with Crippen molar-refractivity contribution in [3.05, 3.63) is 29.8 Å². The average Bonchev–Trinajstić information content (AvgIpc) is 2.77. The summed E-state index contributed by atoms with van der Waals surface area (Å²) < 4.78 is 0. The molecule has 0 aromatic heterocycles. The lowest BCUT2D eigenvalue weighted by Crippen LogP contribution is -2.40. The standard InChI is InChI=1S/C17H20ClNO2/c1-17(2,3)19-9-10(8-18)15-12(19)7-14(21)11-5-4-6-13(20)16(11)15/h4-7,10,20-21H,8-9H2,1-3H3/t10-/m1/s1. The molecule has 0 fully saturated rings. The van der Waals surface area contributed by atoms with Crippen LogP contribution in [0.3, 0.4) is 0 Å². The molecule has 112 valence electrons. The first-order valence-electron chi connectivity index (χ1n) is 7.15. The molecule has 0 aliphatic carbocycles. The van der Waals surface area contributed by atoms with Crippen molar-refractivity contribution in [1.29, 1.82) is 0 Å². The Morgan fingerprint density at radius 1 is 1.24 bits per heavy atom. The molecule has 0 unspecified atom stereocenters. The van der Waals surface area contributed by atoms with E-state index >= 15 is 0 Å². The highest BCUT2D eigenvalue weighted by Gasteiger charge is 2.36. The lowest BCUT2D eigenvalue weighted by molar-refractivity contribution is 0.474. The molecule has 2 aromatic carbocycles. The number of halogens is 1. The van der Waals surface area contributed by atoms with Crippen molar-refractivity contribution >= 4 is 28.1 Å². The van der Waals surface area contributed by atoms with Crippen LogP contribution < -0.4 is 4.90 Å². The number of hydrogen-bond donors (Lipinski definition) is 2. The molecule has 2 aromatic rings. The minimum Gasteiger partial charge on any atom is -0.507 e. The molecule has 1 heterocycles. The Morgan fingerprint density at radius 3 is 2.57 bits per heavy atom. The third kappa shape index (κ3) is 2.11. The molecular weight excluding hydrogens is 286 g/mol. The van der Waals surface area contributed by atoms with Gasteiger partial charge in [0.15, 0.2) is 0 Å². The van der Waals surface area contributed by atoms with Gasteiger partial charge < -0.3 is 15.1 Å². The fourth-order valence-electron chi connectivity index (χ4n) is 3.26. The number of anilines is 1. The summed E-state index contributed by atoms with van der Waals surface area (Å²) in [5.74, 6) is 1.04. The second kappa shape index (κ2) is 4.70. The number of hydrogen-bond acceptors (Lipinski definition) is 3. The van der Waals surface area contributed by atoms with Crippen molar-refractivity contribution in [3.63, 3.8) is 0 Å². The third-order valence-corrected chi connectivity index (χ3v) is 4.61. The van der Waals surface area contributed by atoms with Crippen molar-refractivity contribution in [2.45, 2.75) is 32.2 Å². The van der Waals surface area contributed by atoms with Crippen molar-refractivity contribution in [2.24, 2.45) is 0 Å². The van der Waals surface area contributed by atoms with Crippen molar-refractivity contribution in [1.82, 2.24) is 0 Å². The van der Waals surface area contributed by atoms with Gasteiger partial charge in [0.1, 0.15) is 11.5 Å². The zero-order valence-corrected chi connectivity index (χ0v) is 13.3. The van der Waals surface area contributed by atoms with E-state index in [-0.39, 0.29) is 23.0 Å². The fourth-order valence-corrected chi connectivity index (χ4v) is 3.51. The van der Waals surface area contributed by atoms with E-state index in [1.807, 2.05) is 6.07 Å². The number of fused-ring (bicyclic) bond motifs is 3. The van der Waals surface area contributed by atoms with Crippen LogP contribution in [0.15, 0.2) is 24.3 Å². The molecule has 3 rings (SSSR count). The lowest BCUT2D eigenvalue weighted by atomic mass is 9.94. The Morgan fingerprint density at radius 2 is 1.95 bits per heavy atom. The molecule has 0 saturated carbocycles. The maximum atomic E-state index is 10.3. The Balaban J connectivity index is 2.37. The minimum atomic E-state index is -0.0694. The van der Waals surface area contributed by atoms with E-state index < -0.39 is 0 Å². The summed E-state index contributed by atoms with van der Waals surface area (Å²) in [6.07, 6.45) is 0. The van der Waals surface area contributed by atoms with Gasteiger partial charge in [-0.15, -0.1) is 11.6 Å². The van der Waals surface area contributed by atoms with Gasteiger partial charge >= 0.3 is 0 Å². The number of benzene rings is 2. The normalized spacial score (nSPS) is 18.3. The average molecular weight is 306 g/mol. The van der Waals surface area contributed by atoms with E-state index in [4.69, 9.17) is 11.6 Å². The first kappa shape index (κ1) is 14.3. The summed E-state index contributed by atoms with van der Waals surface area (Å²) in [7, 11) is 0. The molecule has 2 N–H and O–H groups in total. The first-order valence-corrected chi connectivity index (χ1v) is 7.69. The van der Waals surface area contributed by atoms with Crippen LogP contribution in [-0.4, -0.2) is 28.2 Å². The first-order chi connectivity index (χ1) is 9.84. The van der Waals surface area contributed by atoms with Gasteiger partial charge in [-0.2, -0.15) is 0 Å². The highest BCUT2D eigenvalue weighted by atomic mass is 35.5. The van der Waals surface area contributed by atoms with Crippen LogP contribution in [0.2, 0.25) is 0 Å². The van der Waals surface area contributed by atoms with Crippen LogP contribution in [0, 0.1) is 0 Å². The van der Waals surface area contributed by atoms with Crippen molar-refractivity contribution in [3.8, 4) is 11.5 Å². The smallest absolute Gasteiger partial charge is 0.125 e. The number of phenols is 2. The molecule has 1 atom stereocenters. The van der Waals surface area contributed by atoms with E-state index in [2.05, 4.69) is 25.7 Å². The molecule has 0 radical (unpaired) electrons.